The second-order valence-electron chi connectivity index (χ2n) is 5.06. The van der Waals surface area contributed by atoms with E-state index in [2.05, 4.69) is 10.3 Å². The van der Waals surface area contributed by atoms with Gasteiger partial charge in [-0.05, 0) is 36.2 Å². The van der Waals surface area contributed by atoms with E-state index < -0.39 is 0 Å². The number of ether oxygens (including phenoxy) is 3. The molecule has 0 aliphatic carbocycles. The van der Waals surface area contributed by atoms with Gasteiger partial charge in [0.25, 0.3) is 0 Å². The molecule has 1 aliphatic rings. The molecular weight excluding hydrogens is 294 g/mol. The minimum Gasteiger partial charge on any atom is -0.497 e. The summed E-state index contributed by atoms with van der Waals surface area (Å²) in [6.07, 6.45) is 0.775. The molecule has 0 aromatic heterocycles. The van der Waals surface area contributed by atoms with Crippen molar-refractivity contribution in [1.82, 2.24) is 0 Å². The zero-order valence-electron chi connectivity index (χ0n) is 12.9. The average Bonchev–Trinajstić information content (AvgIpc) is 3.02. The Morgan fingerprint density at radius 3 is 2.96 bits per heavy atom. The number of fused-ring (bicyclic) bond motifs is 1. The van der Waals surface area contributed by atoms with Crippen molar-refractivity contribution in [1.29, 1.82) is 0 Å². The lowest BCUT2D eigenvalue weighted by atomic mass is 10.1. The SMILES string of the molecule is COc1cccc(NC(N)=NCCc2ccc3c(c2)OCO3)c1. The normalized spacial score (nSPS) is 13.0. The van der Waals surface area contributed by atoms with E-state index in [9.17, 15) is 0 Å². The van der Waals surface area contributed by atoms with Crippen LogP contribution in [0.1, 0.15) is 5.56 Å². The largest absolute Gasteiger partial charge is 0.497 e. The summed E-state index contributed by atoms with van der Waals surface area (Å²) in [7, 11) is 1.63. The Bertz CT molecular complexity index is 716. The zero-order chi connectivity index (χ0) is 16.1. The Kier molecular flexibility index (Phi) is 4.52. The molecule has 0 bridgehead atoms. The van der Waals surface area contributed by atoms with Gasteiger partial charge in [-0.15, -0.1) is 0 Å². The van der Waals surface area contributed by atoms with E-state index in [-0.39, 0.29) is 6.79 Å². The summed E-state index contributed by atoms with van der Waals surface area (Å²) in [5.41, 5.74) is 7.88. The second kappa shape index (κ2) is 6.91. The molecule has 2 aromatic carbocycles. The summed E-state index contributed by atoms with van der Waals surface area (Å²) < 4.78 is 15.8. The first kappa shape index (κ1) is 15.0. The molecule has 6 nitrogen and oxygen atoms in total. The third kappa shape index (κ3) is 3.85. The minimum atomic E-state index is 0.286. The van der Waals surface area contributed by atoms with E-state index in [1.54, 1.807) is 7.11 Å². The fourth-order valence-electron chi connectivity index (χ4n) is 2.29. The van der Waals surface area contributed by atoms with E-state index in [1.807, 2.05) is 42.5 Å². The lowest BCUT2D eigenvalue weighted by molar-refractivity contribution is 0.174. The highest BCUT2D eigenvalue weighted by Crippen LogP contribution is 2.32. The van der Waals surface area contributed by atoms with Gasteiger partial charge in [-0.25, -0.2) is 0 Å². The lowest BCUT2D eigenvalue weighted by Crippen LogP contribution is -2.23. The smallest absolute Gasteiger partial charge is 0.231 e. The first-order chi connectivity index (χ1) is 11.2. The highest BCUT2D eigenvalue weighted by molar-refractivity contribution is 5.92. The van der Waals surface area contributed by atoms with Gasteiger partial charge in [-0.1, -0.05) is 12.1 Å². The van der Waals surface area contributed by atoms with Crippen molar-refractivity contribution in [3.05, 3.63) is 48.0 Å². The van der Waals surface area contributed by atoms with Crippen molar-refractivity contribution in [3.63, 3.8) is 0 Å². The van der Waals surface area contributed by atoms with Gasteiger partial charge < -0.3 is 25.3 Å². The standard InChI is InChI=1S/C17H19N3O3/c1-21-14-4-2-3-13(10-14)20-17(18)19-8-7-12-5-6-15-16(9-12)23-11-22-15/h2-6,9-10H,7-8,11H2,1H3,(H3,18,19,20). The molecule has 23 heavy (non-hydrogen) atoms. The Balaban J connectivity index is 1.55. The molecule has 0 spiro atoms. The number of nitrogens with one attached hydrogen (secondary N) is 1. The molecule has 0 saturated heterocycles. The number of guanidine groups is 1. The molecule has 0 amide bonds. The van der Waals surface area contributed by atoms with Gasteiger partial charge in [0.1, 0.15) is 5.75 Å². The lowest BCUT2D eigenvalue weighted by Gasteiger charge is -2.07. The number of methoxy groups -OCH3 is 1. The maximum absolute atomic E-state index is 5.90. The van der Waals surface area contributed by atoms with Gasteiger partial charge in [0.2, 0.25) is 6.79 Å². The van der Waals surface area contributed by atoms with Gasteiger partial charge in [0.15, 0.2) is 17.5 Å². The van der Waals surface area contributed by atoms with Crippen molar-refractivity contribution in [2.75, 3.05) is 25.8 Å². The number of nitrogens with zero attached hydrogens (tertiary/aromatic N) is 1. The molecule has 0 atom stereocenters. The summed E-state index contributed by atoms with van der Waals surface area (Å²) in [6, 6.07) is 13.4. The van der Waals surface area contributed by atoms with Gasteiger partial charge in [-0.3, -0.25) is 4.99 Å². The van der Waals surface area contributed by atoms with Crippen LogP contribution in [-0.2, 0) is 6.42 Å². The predicted octanol–water partition coefficient (Wildman–Crippen LogP) is 2.39. The van der Waals surface area contributed by atoms with Crippen LogP contribution in [0.3, 0.4) is 0 Å². The molecule has 3 N–H and O–H groups in total. The van der Waals surface area contributed by atoms with E-state index in [0.29, 0.717) is 12.5 Å². The van der Waals surface area contributed by atoms with Gasteiger partial charge >= 0.3 is 0 Å². The third-order valence-electron chi connectivity index (χ3n) is 3.46. The van der Waals surface area contributed by atoms with Crippen molar-refractivity contribution in [2.45, 2.75) is 6.42 Å². The van der Waals surface area contributed by atoms with E-state index in [0.717, 1.165) is 34.9 Å². The first-order valence-corrected chi connectivity index (χ1v) is 7.34. The molecule has 0 saturated carbocycles. The summed E-state index contributed by atoms with van der Waals surface area (Å²) in [5.74, 6) is 2.72. The number of nitrogens with two attached hydrogens (primary N) is 1. The van der Waals surface area contributed by atoms with Crippen molar-refractivity contribution >= 4 is 11.6 Å². The third-order valence-corrected chi connectivity index (χ3v) is 3.46. The van der Waals surface area contributed by atoms with Crippen LogP contribution in [0.2, 0.25) is 0 Å². The van der Waals surface area contributed by atoms with Crippen molar-refractivity contribution < 1.29 is 14.2 Å². The zero-order valence-corrected chi connectivity index (χ0v) is 12.9. The second-order valence-corrected chi connectivity index (χ2v) is 5.06. The highest BCUT2D eigenvalue weighted by Gasteiger charge is 2.12. The number of rotatable bonds is 5. The quantitative estimate of drug-likeness (QED) is 0.654. The van der Waals surface area contributed by atoms with E-state index in [4.69, 9.17) is 19.9 Å². The molecule has 0 fully saturated rings. The molecule has 1 heterocycles. The van der Waals surface area contributed by atoms with Crippen molar-refractivity contribution in [3.8, 4) is 17.2 Å². The van der Waals surface area contributed by atoms with Crippen LogP contribution in [0.5, 0.6) is 17.2 Å². The van der Waals surface area contributed by atoms with Crippen LogP contribution >= 0.6 is 0 Å². The van der Waals surface area contributed by atoms with E-state index in [1.165, 1.54) is 0 Å². The molecule has 120 valence electrons. The van der Waals surface area contributed by atoms with Crippen molar-refractivity contribution in [2.24, 2.45) is 10.7 Å². The minimum absolute atomic E-state index is 0.286. The van der Waals surface area contributed by atoms with E-state index >= 15 is 0 Å². The average molecular weight is 313 g/mol. The summed E-state index contributed by atoms with van der Waals surface area (Å²) in [6.45, 7) is 0.872. The number of aliphatic imine (C=N–C) groups is 1. The fraction of sp³-hybridized carbons (Fsp3) is 0.235. The summed E-state index contributed by atoms with van der Waals surface area (Å²) in [4.78, 5) is 4.33. The fourth-order valence-corrected chi connectivity index (χ4v) is 2.29. The number of hydrogen-bond acceptors (Lipinski definition) is 4. The van der Waals surface area contributed by atoms with Crippen LogP contribution in [0.15, 0.2) is 47.5 Å². The van der Waals surface area contributed by atoms with Gasteiger partial charge in [-0.2, -0.15) is 0 Å². The Labute approximate surface area is 134 Å². The topological polar surface area (TPSA) is 78.1 Å². The van der Waals surface area contributed by atoms with Crippen LogP contribution < -0.4 is 25.3 Å². The number of anilines is 1. The molecule has 0 unspecified atom stereocenters. The van der Waals surface area contributed by atoms with Crippen LogP contribution in [0.4, 0.5) is 5.69 Å². The molecule has 0 radical (unpaired) electrons. The Morgan fingerprint density at radius 1 is 1.22 bits per heavy atom. The Hall–Kier alpha value is -2.89. The molecule has 2 aromatic rings. The summed E-state index contributed by atoms with van der Waals surface area (Å²) in [5, 5.41) is 3.05. The number of hydrogen-bond donors (Lipinski definition) is 2. The molecule has 6 heteroatoms. The summed E-state index contributed by atoms with van der Waals surface area (Å²) >= 11 is 0. The monoisotopic (exact) mass is 313 g/mol. The predicted molar refractivity (Wildman–Crippen MR) is 89.4 cm³/mol. The molecular formula is C17H19N3O3. The maximum atomic E-state index is 5.90. The maximum Gasteiger partial charge on any atom is 0.231 e. The van der Waals surface area contributed by atoms with Crippen LogP contribution in [0, 0.1) is 0 Å². The first-order valence-electron chi connectivity index (χ1n) is 7.34. The van der Waals surface area contributed by atoms with Gasteiger partial charge in [0.05, 0.1) is 7.11 Å². The highest BCUT2D eigenvalue weighted by atomic mass is 16.7. The van der Waals surface area contributed by atoms with Crippen LogP contribution in [0.25, 0.3) is 0 Å². The molecule has 1 aliphatic heterocycles. The van der Waals surface area contributed by atoms with Gasteiger partial charge in [0, 0.05) is 18.3 Å². The number of benzene rings is 2. The van der Waals surface area contributed by atoms with Crippen LogP contribution in [-0.4, -0.2) is 26.4 Å². The Morgan fingerprint density at radius 2 is 2.09 bits per heavy atom. The molecule has 3 rings (SSSR count).